The van der Waals surface area contributed by atoms with Gasteiger partial charge in [-0.25, -0.2) is 0 Å². The van der Waals surface area contributed by atoms with Gasteiger partial charge in [-0.05, 0) is 18.5 Å². The van der Waals surface area contributed by atoms with Gasteiger partial charge in [-0.3, -0.25) is 4.90 Å². The molecular formula is C17H28N2O2. The van der Waals surface area contributed by atoms with Gasteiger partial charge in [0.25, 0.3) is 0 Å². The van der Waals surface area contributed by atoms with Gasteiger partial charge in [0.2, 0.25) is 0 Å². The van der Waals surface area contributed by atoms with E-state index in [4.69, 9.17) is 9.47 Å². The van der Waals surface area contributed by atoms with Crippen molar-refractivity contribution in [3.63, 3.8) is 0 Å². The zero-order valence-corrected chi connectivity index (χ0v) is 13.3. The van der Waals surface area contributed by atoms with Crippen LogP contribution in [0.15, 0.2) is 30.3 Å². The Kier molecular flexibility index (Phi) is 7.16. The molecular weight excluding hydrogens is 264 g/mol. The number of ether oxygens (including phenoxy) is 2. The third-order valence-corrected chi connectivity index (χ3v) is 3.84. The first-order chi connectivity index (χ1) is 10.3. The normalized spacial score (nSPS) is 20.8. The smallest absolute Gasteiger partial charge is 0.0936 e. The molecule has 0 amide bonds. The second kappa shape index (κ2) is 9.15. The van der Waals surface area contributed by atoms with E-state index in [1.165, 1.54) is 5.56 Å². The summed E-state index contributed by atoms with van der Waals surface area (Å²) in [6.07, 6.45) is 1.59. The lowest BCUT2D eigenvalue weighted by atomic mass is 10.2. The molecule has 1 aliphatic rings. The fourth-order valence-corrected chi connectivity index (χ4v) is 2.80. The molecule has 0 bridgehead atoms. The second-order valence-electron chi connectivity index (χ2n) is 5.65. The molecule has 4 nitrogen and oxygen atoms in total. The second-order valence-corrected chi connectivity index (χ2v) is 5.65. The van der Waals surface area contributed by atoms with Crippen LogP contribution >= 0.6 is 0 Å². The Bertz CT molecular complexity index is 386. The molecule has 1 saturated heterocycles. The van der Waals surface area contributed by atoms with E-state index in [9.17, 15) is 0 Å². The van der Waals surface area contributed by atoms with Crippen LogP contribution in [-0.2, 0) is 16.0 Å². The van der Waals surface area contributed by atoms with E-state index < -0.39 is 0 Å². The van der Waals surface area contributed by atoms with Crippen LogP contribution in [0.1, 0.15) is 18.9 Å². The summed E-state index contributed by atoms with van der Waals surface area (Å²) < 4.78 is 11.4. The molecule has 4 heteroatoms. The van der Waals surface area contributed by atoms with Gasteiger partial charge in [-0.1, -0.05) is 37.3 Å². The molecule has 1 fully saturated rings. The molecule has 2 atom stereocenters. The van der Waals surface area contributed by atoms with Crippen molar-refractivity contribution < 1.29 is 9.47 Å². The van der Waals surface area contributed by atoms with Gasteiger partial charge >= 0.3 is 0 Å². The van der Waals surface area contributed by atoms with Crippen LogP contribution in [0.4, 0.5) is 0 Å². The van der Waals surface area contributed by atoms with E-state index in [1.54, 1.807) is 7.11 Å². The first kappa shape index (κ1) is 16.4. The van der Waals surface area contributed by atoms with Gasteiger partial charge in [0.1, 0.15) is 0 Å². The maximum atomic E-state index is 6.19. The summed E-state index contributed by atoms with van der Waals surface area (Å²) in [5.74, 6) is 0. The van der Waals surface area contributed by atoms with Gasteiger partial charge in [-0.2, -0.15) is 0 Å². The predicted molar refractivity (Wildman–Crippen MR) is 85.4 cm³/mol. The molecule has 21 heavy (non-hydrogen) atoms. The summed E-state index contributed by atoms with van der Waals surface area (Å²) in [4.78, 5) is 2.47. The van der Waals surface area contributed by atoms with Crippen molar-refractivity contribution in [3.8, 4) is 0 Å². The lowest BCUT2D eigenvalue weighted by Crippen LogP contribution is -2.36. The Hall–Kier alpha value is -0.940. The molecule has 118 valence electrons. The molecule has 1 aliphatic heterocycles. The number of rotatable bonds is 9. The highest BCUT2D eigenvalue weighted by atomic mass is 16.5. The Morgan fingerprint density at radius 2 is 2.14 bits per heavy atom. The fraction of sp³-hybridized carbons (Fsp3) is 0.647. The van der Waals surface area contributed by atoms with Gasteiger partial charge in [0.15, 0.2) is 0 Å². The van der Waals surface area contributed by atoms with Crippen molar-refractivity contribution in [1.82, 2.24) is 10.2 Å². The number of likely N-dealkylation sites (N-methyl/N-ethyl adjacent to an activating group) is 1. The summed E-state index contributed by atoms with van der Waals surface area (Å²) in [7, 11) is 1.73. The topological polar surface area (TPSA) is 33.7 Å². The highest BCUT2D eigenvalue weighted by Crippen LogP contribution is 2.17. The standard InChI is InChI=1S/C17H28N2O2/c1-3-18-11-17(14-20-2)21-16-9-10-19(13-16)12-15-7-5-4-6-8-15/h4-8,16-18H,3,9-14H2,1-2H3. The maximum Gasteiger partial charge on any atom is 0.0936 e. The number of methoxy groups -OCH3 is 1. The van der Waals surface area contributed by atoms with Crippen molar-refractivity contribution in [2.24, 2.45) is 0 Å². The monoisotopic (exact) mass is 292 g/mol. The SMILES string of the molecule is CCNCC(COC)OC1CCN(Cc2ccccc2)C1. The lowest BCUT2D eigenvalue weighted by Gasteiger charge is -2.22. The third kappa shape index (κ3) is 5.75. The summed E-state index contributed by atoms with van der Waals surface area (Å²) >= 11 is 0. The average Bonchev–Trinajstić information content (AvgIpc) is 2.93. The van der Waals surface area contributed by atoms with Gasteiger partial charge in [-0.15, -0.1) is 0 Å². The quantitative estimate of drug-likeness (QED) is 0.754. The Morgan fingerprint density at radius 3 is 2.86 bits per heavy atom. The summed E-state index contributed by atoms with van der Waals surface area (Å²) in [6, 6.07) is 10.6. The van der Waals surface area contributed by atoms with Crippen molar-refractivity contribution in [2.45, 2.75) is 32.1 Å². The highest BCUT2D eigenvalue weighted by Gasteiger charge is 2.25. The Labute approximate surface area is 128 Å². The van der Waals surface area contributed by atoms with Crippen LogP contribution in [0.3, 0.4) is 0 Å². The van der Waals surface area contributed by atoms with Crippen LogP contribution in [0.2, 0.25) is 0 Å². The van der Waals surface area contributed by atoms with Crippen LogP contribution < -0.4 is 5.32 Å². The zero-order chi connectivity index (χ0) is 14.9. The molecule has 1 heterocycles. The number of benzene rings is 1. The van der Waals surface area contributed by atoms with Crippen molar-refractivity contribution in [1.29, 1.82) is 0 Å². The summed E-state index contributed by atoms with van der Waals surface area (Å²) in [6.45, 7) is 7.74. The first-order valence-corrected chi connectivity index (χ1v) is 7.93. The van der Waals surface area contributed by atoms with E-state index >= 15 is 0 Å². The van der Waals surface area contributed by atoms with E-state index in [0.29, 0.717) is 12.7 Å². The molecule has 2 rings (SSSR count). The molecule has 0 aliphatic carbocycles. The minimum Gasteiger partial charge on any atom is -0.382 e. The average molecular weight is 292 g/mol. The van der Waals surface area contributed by atoms with Crippen LogP contribution in [0.5, 0.6) is 0 Å². The fourth-order valence-electron chi connectivity index (χ4n) is 2.80. The Balaban J connectivity index is 1.75. The minimum atomic E-state index is 0.150. The zero-order valence-electron chi connectivity index (χ0n) is 13.3. The van der Waals surface area contributed by atoms with Crippen molar-refractivity contribution in [2.75, 3.05) is 39.9 Å². The number of hydrogen-bond acceptors (Lipinski definition) is 4. The lowest BCUT2D eigenvalue weighted by molar-refractivity contribution is -0.0421. The first-order valence-electron chi connectivity index (χ1n) is 7.93. The number of nitrogens with one attached hydrogen (secondary N) is 1. The number of likely N-dealkylation sites (tertiary alicyclic amines) is 1. The van der Waals surface area contributed by atoms with Crippen molar-refractivity contribution >= 4 is 0 Å². The van der Waals surface area contributed by atoms with Crippen molar-refractivity contribution in [3.05, 3.63) is 35.9 Å². The number of nitrogens with zero attached hydrogens (tertiary/aromatic N) is 1. The van der Waals surface area contributed by atoms with E-state index in [1.807, 2.05) is 0 Å². The molecule has 1 aromatic rings. The van der Waals surface area contributed by atoms with Crippen LogP contribution in [0, 0.1) is 0 Å². The molecule has 1 aromatic carbocycles. The predicted octanol–water partition coefficient (Wildman–Crippen LogP) is 1.90. The Morgan fingerprint density at radius 1 is 1.33 bits per heavy atom. The van der Waals surface area contributed by atoms with E-state index in [-0.39, 0.29) is 6.10 Å². The summed E-state index contributed by atoms with van der Waals surface area (Å²) in [5, 5.41) is 3.34. The third-order valence-electron chi connectivity index (χ3n) is 3.84. The van der Waals surface area contributed by atoms with E-state index in [2.05, 4.69) is 47.5 Å². The summed E-state index contributed by atoms with van der Waals surface area (Å²) in [5.41, 5.74) is 1.37. The molecule has 0 spiro atoms. The number of hydrogen-bond donors (Lipinski definition) is 1. The van der Waals surface area contributed by atoms with Crippen LogP contribution in [-0.4, -0.2) is 57.0 Å². The maximum absolute atomic E-state index is 6.19. The van der Waals surface area contributed by atoms with E-state index in [0.717, 1.165) is 39.1 Å². The molecule has 1 N–H and O–H groups in total. The molecule has 0 radical (unpaired) electrons. The molecule has 0 aromatic heterocycles. The minimum absolute atomic E-state index is 0.150. The highest BCUT2D eigenvalue weighted by molar-refractivity contribution is 5.14. The molecule has 0 saturated carbocycles. The van der Waals surface area contributed by atoms with Gasteiger partial charge in [0, 0.05) is 33.3 Å². The van der Waals surface area contributed by atoms with Gasteiger partial charge in [0.05, 0.1) is 18.8 Å². The van der Waals surface area contributed by atoms with Crippen LogP contribution in [0.25, 0.3) is 0 Å². The molecule has 2 unspecified atom stereocenters. The van der Waals surface area contributed by atoms with Gasteiger partial charge < -0.3 is 14.8 Å². The largest absolute Gasteiger partial charge is 0.382 e.